The highest BCUT2D eigenvalue weighted by molar-refractivity contribution is 6.30. The molecule has 0 N–H and O–H groups in total. The number of hydrogen-bond donors (Lipinski definition) is 0. The van der Waals surface area contributed by atoms with E-state index in [0.29, 0.717) is 11.6 Å². The van der Waals surface area contributed by atoms with Gasteiger partial charge >= 0.3 is 0 Å². The van der Waals surface area contributed by atoms with Crippen molar-refractivity contribution in [3.05, 3.63) is 47.2 Å². The van der Waals surface area contributed by atoms with Gasteiger partial charge in [-0.2, -0.15) is 5.10 Å². The molecule has 1 aliphatic rings. The minimum absolute atomic E-state index is 0.0980. The molecule has 1 fully saturated rings. The number of aromatic nitrogens is 2. The molecule has 1 aromatic heterocycles. The maximum atomic E-state index is 12.7. The number of benzene rings is 1. The van der Waals surface area contributed by atoms with Crippen molar-refractivity contribution in [2.45, 2.75) is 19.0 Å². The zero-order valence-electron chi connectivity index (χ0n) is 12.7. The maximum absolute atomic E-state index is 12.7. The lowest BCUT2D eigenvalue weighted by Crippen LogP contribution is -2.39. The fourth-order valence-corrected chi connectivity index (χ4v) is 3.11. The van der Waals surface area contributed by atoms with Gasteiger partial charge in [-0.05, 0) is 31.7 Å². The number of amides is 1. The minimum Gasteiger partial charge on any atom is -0.311 e. The number of halogens is 1. The fraction of sp³-hybridized carbons (Fsp3) is 0.375. The van der Waals surface area contributed by atoms with Gasteiger partial charge in [0.15, 0.2) is 0 Å². The molecule has 0 aliphatic carbocycles. The lowest BCUT2D eigenvalue weighted by atomic mass is 10.2. The molecular formula is C16H19ClN4O. The molecule has 1 atom stereocenters. The van der Waals surface area contributed by atoms with E-state index in [2.05, 4.69) is 10.00 Å². The summed E-state index contributed by atoms with van der Waals surface area (Å²) >= 11 is 6.02. The quantitative estimate of drug-likeness (QED) is 0.868. The van der Waals surface area contributed by atoms with E-state index < -0.39 is 0 Å². The molecule has 116 valence electrons. The van der Waals surface area contributed by atoms with E-state index >= 15 is 0 Å². The van der Waals surface area contributed by atoms with E-state index in [9.17, 15) is 4.79 Å². The molecule has 2 aromatic rings. The van der Waals surface area contributed by atoms with Crippen LogP contribution < -0.4 is 4.90 Å². The van der Waals surface area contributed by atoms with Gasteiger partial charge < -0.3 is 4.90 Å². The highest BCUT2D eigenvalue weighted by Crippen LogP contribution is 2.26. The third-order valence-electron chi connectivity index (χ3n) is 4.02. The number of likely N-dealkylation sites (N-methyl/N-ethyl adjacent to an activating group) is 1. The second kappa shape index (κ2) is 6.10. The van der Waals surface area contributed by atoms with E-state index in [1.807, 2.05) is 55.7 Å². The molecule has 1 aromatic carbocycles. The van der Waals surface area contributed by atoms with Gasteiger partial charge in [0.25, 0.3) is 0 Å². The standard InChI is InChI=1S/C16H19ClN4O/c1-19(10-12-9-18-20(2)11-12)15-6-7-21(16(15)22)14-5-3-4-13(17)8-14/h3-5,8-9,11,15H,6-7,10H2,1-2H3/t15-/m0/s1. The molecule has 1 saturated heterocycles. The predicted molar refractivity (Wildman–Crippen MR) is 86.9 cm³/mol. The number of carbonyl (C=O) groups is 1. The summed E-state index contributed by atoms with van der Waals surface area (Å²) in [7, 11) is 3.88. The number of rotatable bonds is 4. The number of aryl methyl sites for hydroxylation is 1. The summed E-state index contributed by atoms with van der Waals surface area (Å²) in [5, 5.41) is 4.82. The van der Waals surface area contributed by atoms with E-state index in [-0.39, 0.29) is 11.9 Å². The van der Waals surface area contributed by atoms with Gasteiger partial charge in [0, 0.05) is 42.6 Å². The number of hydrogen-bond acceptors (Lipinski definition) is 3. The van der Waals surface area contributed by atoms with Crippen molar-refractivity contribution in [1.29, 1.82) is 0 Å². The summed E-state index contributed by atoms with van der Waals surface area (Å²) in [6, 6.07) is 7.35. The van der Waals surface area contributed by atoms with Crippen LogP contribution in [0, 0.1) is 0 Å². The topological polar surface area (TPSA) is 41.4 Å². The Morgan fingerprint density at radius 3 is 2.95 bits per heavy atom. The lowest BCUT2D eigenvalue weighted by molar-refractivity contribution is -0.121. The molecular weight excluding hydrogens is 300 g/mol. The molecule has 0 saturated carbocycles. The van der Waals surface area contributed by atoms with E-state index in [0.717, 1.165) is 24.2 Å². The van der Waals surface area contributed by atoms with E-state index in [1.54, 1.807) is 4.68 Å². The van der Waals surface area contributed by atoms with Gasteiger partial charge in [0.2, 0.25) is 5.91 Å². The van der Waals surface area contributed by atoms with Crippen LogP contribution in [-0.2, 0) is 18.4 Å². The Morgan fingerprint density at radius 1 is 1.45 bits per heavy atom. The SMILES string of the molecule is CN(Cc1cnn(C)c1)[C@H]1CCN(c2cccc(Cl)c2)C1=O. The van der Waals surface area contributed by atoms with Crippen LogP contribution in [0.2, 0.25) is 5.02 Å². The summed E-state index contributed by atoms with van der Waals surface area (Å²) in [5.41, 5.74) is 1.98. The first kappa shape index (κ1) is 15.1. The Hall–Kier alpha value is -1.85. The molecule has 0 radical (unpaired) electrons. The molecule has 1 aliphatic heterocycles. The maximum Gasteiger partial charge on any atom is 0.244 e. The zero-order chi connectivity index (χ0) is 15.7. The fourth-order valence-electron chi connectivity index (χ4n) is 2.93. The summed E-state index contributed by atoms with van der Waals surface area (Å²) in [4.78, 5) is 16.6. The first-order valence-electron chi connectivity index (χ1n) is 7.29. The summed E-state index contributed by atoms with van der Waals surface area (Å²) in [5.74, 6) is 0.133. The van der Waals surface area contributed by atoms with Crippen LogP contribution in [0.1, 0.15) is 12.0 Å². The summed E-state index contributed by atoms with van der Waals surface area (Å²) in [6.45, 7) is 1.44. The van der Waals surface area contributed by atoms with Gasteiger partial charge in [-0.3, -0.25) is 14.4 Å². The predicted octanol–water partition coefficient (Wildman–Crippen LogP) is 2.31. The van der Waals surface area contributed by atoms with Crippen LogP contribution in [0.15, 0.2) is 36.7 Å². The van der Waals surface area contributed by atoms with E-state index in [4.69, 9.17) is 11.6 Å². The molecule has 22 heavy (non-hydrogen) atoms. The molecule has 2 heterocycles. The minimum atomic E-state index is -0.0980. The first-order valence-corrected chi connectivity index (χ1v) is 7.67. The Balaban J connectivity index is 1.70. The van der Waals surface area contributed by atoms with Crippen molar-refractivity contribution < 1.29 is 4.79 Å². The van der Waals surface area contributed by atoms with Crippen LogP contribution in [0.25, 0.3) is 0 Å². The van der Waals surface area contributed by atoms with Crippen LogP contribution >= 0.6 is 11.6 Å². The molecule has 0 unspecified atom stereocenters. The van der Waals surface area contributed by atoms with Crippen molar-refractivity contribution in [3.63, 3.8) is 0 Å². The highest BCUT2D eigenvalue weighted by atomic mass is 35.5. The average molecular weight is 319 g/mol. The molecule has 0 bridgehead atoms. The third-order valence-corrected chi connectivity index (χ3v) is 4.25. The average Bonchev–Trinajstić information content (AvgIpc) is 3.05. The van der Waals surface area contributed by atoms with Crippen LogP contribution in [0.5, 0.6) is 0 Å². The van der Waals surface area contributed by atoms with Gasteiger partial charge in [-0.25, -0.2) is 0 Å². The second-order valence-electron chi connectivity index (χ2n) is 5.71. The molecule has 5 nitrogen and oxygen atoms in total. The van der Waals surface area contributed by atoms with Crippen molar-refractivity contribution in [2.75, 3.05) is 18.5 Å². The molecule has 3 rings (SSSR count). The largest absolute Gasteiger partial charge is 0.311 e. The zero-order valence-corrected chi connectivity index (χ0v) is 13.5. The monoisotopic (exact) mass is 318 g/mol. The number of nitrogens with zero attached hydrogens (tertiary/aromatic N) is 4. The van der Waals surface area contributed by atoms with Crippen LogP contribution in [0.3, 0.4) is 0 Å². The van der Waals surface area contributed by atoms with Crippen LogP contribution in [-0.4, -0.2) is 40.2 Å². The van der Waals surface area contributed by atoms with Gasteiger partial charge in [0.1, 0.15) is 0 Å². The number of carbonyl (C=O) groups excluding carboxylic acids is 1. The Bertz CT molecular complexity index is 684. The van der Waals surface area contributed by atoms with Crippen molar-refractivity contribution >= 4 is 23.2 Å². The second-order valence-corrected chi connectivity index (χ2v) is 6.15. The van der Waals surface area contributed by atoms with Crippen molar-refractivity contribution in [2.24, 2.45) is 7.05 Å². The molecule has 6 heteroatoms. The highest BCUT2D eigenvalue weighted by Gasteiger charge is 2.35. The van der Waals surface area contributed by atoms with Crippen molar-refractivity contribution in [3.8, 4) is 0 Å². The Morgan fingerprint density at radius 2 is 2.27 bits per heavy atom. The number of anilines is 1. The third kappa shape index (κ3) is 3.00. The summed E-state index contributed by atoms with van der Waals surface area (Å²) < 4.78 is 1.78. The molecule has 1 amide bonds. The van der Waals surface area contributed by atoms with E-state index in [1.165, 1.54) is 0 Å². The van der Waals surface area contributed by atoms with Crippen LogP contribution in [0.4, 0.5) is 5.69 Å². The Labute approximate surface area is 135 Å². The summed E-state index contributed by atoms with van der Waals surface area (Å²) in [6.07, 6.45) is 4.64. The van der Waals surface area contributed by atoms with Crippen molar-refractivity contribution in [1.82, 2.24) is 14.7 Å². The van der Waals surface area contributed by atoms with Gasteiger partial charge in [0.05, 0.1) is 12.2 Å². The van der Waals surface area contributed by atoms with Gasteiger partial charge in [-0.15, -0.1) is 0 Å². The smallest absolute Gasteiger partial charge is 0.244 e. The normalized spacial score (nSPS) is 18.5. The molecule has 0 spiro atoms. The Kier molecular flexibility index (Phi) is 4.18. The van der Waals surface area contributed by atoms with Gasteiger partial charge in [-0.1, -0.05) is 17.7 Å². The first-order chi connectivity index (χ1) is 10.5. The lowest BCUT2D eigenvalue weighted by Gasteiger charge is -2.23.